The Labute approximate surface area is 117 Å². The Kier molecular flexibility index (Phi) is 3.44. The number of nitrogens with one attached hydrogen (secondary N) is 1. The lowest BCUT2D eigenvalue weighted by Gasteiger charge is -2.10. The first-order chi connectivity index (χ1) is 9.65. The smallest absolute Gasteiger partial charge is 0.227 e. The number of rotatable bonds is 3. The summed E-state index contributed by atoms with van der Waals surface area (Å²) in [4.78, 5) is 16.5. The fraction of sp³-hybridized carbons (Fsp3) is 0.467. The van der Waals surface area contributed by atoms with Crippen LogP contribution < -0.4 is 11.1 Å². The summed E-state index contributed by atoms with van der Waals surface area (Å²) in [7, 11) is 0. The van der Waals surface area contributed by atoms with Gasteiger partial charge in [0.2, 0.25) is 5.91 Å². The molecule has 1 fully saturated rings. The minimum Gasteiger partial charge on any atom is -0.441 e. The van der Waals surface area contributed by atoms with Gasteiger partial charge in [-0.1, -0.05) is 6.92 Å². The van der Waals surface area contributed by atoms with Crippen LogP contribution in [-0.4, -0.2) is 16.9 Å². The van der Waals surface area contributed by atoms with Gasteiger partial charge < -0.3 is 15.5 Å². The largest absolute Gasteiger partial charge is 0.441 e. The van der Waals surface area contributed by atoms with Crippen LogP contribution in [0.2, 0.25) is 0 Å². The monoisotopic (exact) mass is 273 g/mol. The van der Waals surface area contributed by atoms with Gasteiger partial charge in [0.1, 0.15) is 5.52 Å². The summed E-state index contributed by atoms with van der Waals surface area (Å²) >= 11 is 0. The first-order valence-electron chi connectivity index (χ1n) is 7.11. The lowest BCUT2D eigenvalue weighted by Crippen LogP contribution is -2.23. The number of amides is 1. The van der Waals surface area contributed by atoms with Crippen LogP contribution in [0.5, 0.6) is 0 Å². The van der Waals surface area contributed by atoms with Crippen molar-refractivity contribution in [2.75, 3.05) is 5.32 Å². The van der Waals surface area contributed by atoms with Gasteiger partial charge in [-0.25, -0.2) is 4.98 Å². The number of oxazole rings is 1. The van der Waals surface area contributed by atoms with Crippen LogP contribution in [0.15, 0.2) is 22.6 Å². The third-order valence-corrected chi connectivity index (χ3v) is 3.85. The van der Waals surface area contributed by atoms with E-state index in [2.05, 4.69) is 10.3 Å². The number of aromatic nitrogens is 1. The number of benzene rings is 1. The third kappa shape index (κ3) is 2.54. The summed E-state index contributed by atoms with van der Waals surface area (Å²) < 4.78 is 5.55. The molecule has 2 atom stereocenters. The van der Waals surface area contributed by atoms with Crippen LogP contribution in [0.25, 0.3) is 11.1 Å². The number of hydrogen-bond acceptors (Lipinski definition) is 4. The van der Waals surface area contributed by atoms with Crippen LogP contribution in [0.3, 0.4) is 0 Å². The normalized spacial score (nSPS) is 22.3. The zero-order valence-corrected chi connectivity index (χ0v) is 11.6. The van der Waals surface area contributed by atoms with Gasteiger partial charge in [-0.2, -0.15) is 0 Å². The molecule has 1 amide bonds. The molecule has 106 valence electrons. The van der Waals surface area contributed by atoms with Gasteiger partial charge >= 0.3 is 0 Å². The lowest BCUT2D eigenvalue weighted by atomic mass is 10.1. The minimum atomic E-state index is 0.0317. The molecule has 2 unspecified atom stereocenters. The zero-order valence-electron chi connectivity index (χ0n) is 11.6. The Hall–Kier alpha value is -1.88. The van der Waals surface area contributed by atoms with Crippen molar-refractivity contribution in [2.24, 2.45) is 11.7 Å². The van der Waals surface area contributed by atoms with Crippen LogP contribution in [0, 0.1) is 5.92 Å². The molecule has 3 rings (SSSR count). The number of carbonyl (C=O) groups excluding carboxylic acids is 1. The van der Waals surface area contributed by atoms with E-state index in [0.717, 1.165) is 42.5 Å². The molecule has 0 aliphatic heterocycles. The molecule has 2 aromatic rings. The molecule has 1 aromatic heterocycles. The molecule has 1 aliphatic carbocycles. The molecule has 1 heterocycles. The van der Waals surface area contributed by atoms with Gasteiger partial charge in [-0.3, -0.25) is 4.79 Å². The second-order valence-electron chi connectivity index (χ2n) is 5.40. The Balaban J connectivity index is 1.75. The van der Waals surface area contributed by atoms with Crippen LogP contribution in [0.4, 0.5) is 5.69 Å². The van der Waals surface area contributed by atoms with Crippen molar-refractivity contribution in [3.8, 4) is 0 Å². The number of hydrogen-bond donors (Lipinski definition) is 2. The molecule has 1 aliphatic rings. The fourth-order valence-electron chi connectivity index (χ4n) is 2.70. The lowest BCUT2D eigenvalue weighted by molar-refractivity contribution is -0.119. The van der Waals surface area contributed by atoms with E-state index < -0.39 is 0 Å². The van der Waals surface area contributed by atoms with Crippen molar-refractivity contribution in [1.82, 2.24) is 4.98 Å². The summed E-state index contributed by atoms with van der Waals surface area (Å²) in [5, 5.41) is 2.95. The summed E-state index contributed by atoms with van der Waals surface area (Å²) in [6, 6.07) is 5.71. The van der Waals surface area contributed by atoms with Gasteiger partial charge in [0.15, 0.2) is 11.5 Å². The summed E-state index contributed by atoms with van der Waals surface area (Å²) in [5.74, 6) is 0.797. The van der Waals surface area contributed by atoms with E-state index in [0.29, 0.717) is 5.89 Å². The molecular formula is C15H19N3O2. The molecule has 1 saturated carbocycles. The molecule has 1 aromatic carbocycles. The predicted octanol–water partition coefficient (Wildman–Crippen LogP) is 2.46. The maximum Gasteiger partial charge on any atom is 0.227 e. The maximum atomic E-state index is 12.1. The van der Waals surface area contributed by atoms with E-state index in [1.54, 1.807) is 0 Å². The SMILES string of the molecule is CCc1nc2cc(NC(=O)C3CCC(N)C3)ccc2o1. The predicted molar refractivity (Wildman–Crippen MR) is 77.3 cm³/mol. The van der Waals surface area contributed by atoms with E-state index >= 15 is 0 Å². The first-order valence-corrected chi connectivity index (χ1v) is 7.11. The Morgan fingerprint density at radius 1 is 1.50 bits per heavy atom. The molecule has 5 nitrogen and oxygen atoms in total. The zero-order chi connectivity index (χ0) is 14.1. The molecule has 20 heavy (non-hydrogen) atoms. The Morgan fingerprint density at radius 3 is 3.05 bits per heavy atom. The minimum absolute atomic E-state index is 0.0317. The molecule has 0 spiro atoms. The number of carbonyl (C=O) groups is 1. The van der Waals surface area contributed by atoms with E-state index in [1.165, 1.54) is 0 Å². The molecule has 0 radical (unpaired) electrons. The number of anilines is 1. The Morgan fingerprint density at radius 2 is 2.35 bits per heavy atom. The molecule has 0 saturated heterocycles. The summed E-state index contributed by atoms with van der Waals surface area (Å²) in [6.07, 6.45) is 3.34. The summed E-state index contributed by atoms with van der Waals surface area (Å²) in [6.45, 7) is 2.00. The van der Waals surface area contributed by atoms with Gasteiger partial charge in [-0.05, 0) is 37.5 Å². The van der Waals surface area contributed by atoms with Crippen LogP contribution >= 0.6 is 0 Å². The van der Waals surface area contributed by atoms with Crippen molar-refractivity contribution in [3.05, 3.63) is 24.1 Å². The highest BCUT2D eigenvalue weighted by Gasteiger charge is 2.27. The van der Waals surface area contributed by atoms with Gasteiger partial charge in [0.25, 0.3) is 0 Å². The highest BCUT2D eigenvalue weighted by Crippen LogP contribution is 2.26. The average Bonchev–Trinajstić information content (AvgIpc) is 3.03. The van der Waals surface area contributed by atoms with Gasteiger partial charge in [0.05, 0.1) is 0 Å². The number of aryl methyl sites for hydroxylation is 1. The van der Waals surface area contributed by atoms with Gasteiger partial charge in [0, 0.05) is 24.1 Å². The molecule has 0 bridgehead atoms. The topological polar surface area (TPSA) is 81.2 Å². The second-order valence-corrected chi connectivity index (χ2v) is 5.40. The standard InChI is InChI=1S/C15H19N3O2/c1-2-14-18-12-8-11(5-6-13(12)20-14)17-15(19)9-3-4-10(16)7-9/h5-6,8-10H,2-4,7,16H2,1H3,(H,17,19). The molecular weight excluding hydrogens is 254 g/mol. The van der Waals surface area contributed by atoms with Gasteiger partial charge in [-0.15, -0.1) is 0 Å². The van der Waals surface area contributed by atoms with Crippen molar-refractivity contribution in [3.63, 3.8) is 0 Å². The quantitative estimate of drug-likeness (QED) is 0.900. The number of nitrogens with zero attached hydrogens (tertiary/aromatic N) is 1. The van der Waals surface area contributed by atoms with Crippen molar-refractivity contribution in [2.45, 2.75) is 38.6 Å². The van der Waals surface area contributed by atoms with E-state index in [1.807, 2.05) is 25.1 Å². The third-order valence-electron chi connectivity index (χ3n) is 3.85. The van der Waals surface area contributed by atoms with Crippen molar-refractivity contribution in [1.29, 1.82) is 0 Å². The first kappa shape index (κ1) is 13.1. The van der Waals surface area contributed by atoms with Crippen molar-refractivity contribution < 1.29 is 9.21 Å². The van der Waals surface area contributed by atoms with Crippen LogP contribution in [0.1, 0.15) is 32.1 Å². The van der Waals surface area contributed by atoms with E-state index in [9.17, 15) is 4.79 Å². The van der Waals surface area contributed by atoms with E-state index in [4.69, 9.17) is 10.2 Å². The highest BCUT2D eigenvalue weighted by atomic mass is 16.3. The molecule has 3 N–H and O–H groups in total. The fourth-order valence-corrected chi connectivity index (χ4v) is 2.70. The molecule has 5 heteroatoms. The summed E-state index contributed by atoms with van der Waals surface area (Å²) in [5.41, 5.74) is 8.14. The highest BCUT2D eigenvalue weighted by molar-refractivity contribution is 5.94. The maximum absolute atomic E-state index is 12.1. The van der Waals surface area contributed by atoms with E-state index in [-0.39, 0.29) is 17.9 Å². The number of nitrogens with two attached hydrogens (primary N) is 1. The Bertz CT molecular complexity index is 635. The van der Waals surface area contributed by atoms with Crippen LogP contribution in [-0.2, 0) is 11.2 Å². The van der Waals surface area contributed by atoms with Crippen molar-refractivity contribution >= 4 is 22.7 Å². The average molecular weight is 273 g/mol. The second kappa shape index (κ2) is 5.25. The number of fused-ring (bicyclic) bond motifs is 1.